The minimum atomic E-state index is -3.90. The number of halogens is 1. The van der Waals surface area contributed by atoms with Crippen LogP contribution < -0.4 is 4.18 Å². The van der Waals surface area contributed by atoms with Gasteiger partial charge in [-0.1, -0.05) is 112 Å². The van der Waals surface area contributed by atoms with Crippen LogP contribution in [0.25, 0.3) is 6.08 Å². The molecule has 3 nitrogen and oxygen atoms in total. The van der Waals surface area contributed by atoms with E-state index in [2.05, 4.69) is 32.1 Å². The van der Waals surface area contributed by atoms with Crippen LogP contribution in [0.2, 0.25) is 5.02 Å². The molecule has 0 amide bonds. The van der Waals surface area contributed by atoms with E-state index in [0.717, 1.165) is 34.6 Å². The average molecular weight is 537 g/mol. The van der Waals surface area contributed by atoms with E-state index in [4.69, 9.17) is 15.8 Å². The van der Waals surface area contributed by atoms with Crippen LogP contribution in [0.5, 0.6) is 5.75 Å². The lowest BCUT2D eigenvalue weighted by molar-refractivity contribution is 0.485. The number of fused-ring (bicyclic) bond motifs is 1. The first-order chi connectivity index (χ1) is 17.8. The van der Waals surface area contributed by atoms with Crippen LogP contribution in [-0.4, -0.2) is 8.42 Å². The van der Waals surface area contributed by atoms with Crippen molar-refractivity contribution in [2.45, 2.75) is 82.4 Å². The zero-order valence-electron chi connectivity index (χ0n) is 22.0. The van der Waals surface area contributed by atoms with E-state index in [0.29, 0.717) is 5.75 Å². The van der Waals surface area contributed by atoms with Gasteiger partial charge in [-0.25, -0.2) is 0 Å². The van der Waals surface area contributed by atoms with Gasteiger partial charge in [0.1, 0.15) is 10.6 Å². The quantitative estimate of drug-likeness (QED) is 0.171. The molecule has 3 aromatic rings. The highest BCUT2D eigenvalue weighted by atomic mass is 35.5. The third-order valence-electron chi connectivity index (χ3n) is 7.39. The number of unbranched alkanes of at least 4 members (excludes halogenated alkanes) is 5. The summed E-state index contributed by atoms with van der Waals surface area (Å²) in [6, 6.07) is 20.5. The lowest BCUT2D eigenvalue weighted by Crippen LogP contribution is -2.10. The Kier molecular flexibility index (Phi) is 9.15. The maximum absolute atomic E-state index is 12.9. The maximum atomic E-state index is 12.9. The molecule has 0 bridgehead atoms. The molecule has 2 atom stereocenters. The highest BCUT2D eigenvalue weighted by Crippen LogP contribution is 2.47. The van der Waals surface area contributed by atoms with Gasteiger partial charge in [0.05, 0.1) is 0 Å². The summed E-state index contributed by atoms with van der Waals surface area (Å²) >= 11 is 6.14. The van der Waals surface area contributed by atoms with Crippen molar-refractivity contribution >= 4 is 27.8 Å². The third-order valence-corrected chi connectivity index (χ3v) is 8.90. The van der Waals surface area contributed by atoms with Gasteiger partial charge in [0, 0.05) is 16.9 Å². The molecule has 0 saturated carbocycles. The lowest BCUT2D eigenvalue weighted by atomic mass is 9.82. The van der Waals surface area contributed by atoms with Gasteiger partial charge >= 0.3 is 10.1 Å². The van der Waals surface area contributed by atoms with Crippen molar-refractivity contribution in [3.05, 3.63) is 99.6 Å². The fourth-order valence-electron chi connectivity index (χ4n) is 5.20. The highest BCUT2D eigenvalue weighted by Gasteiger charge is 2.30. The van der Waals surface area contributed by atoms with Gasteiger partial charge in [-0.2, -0.15) is 8.42 Å². The molecule has 3 aromatic carbocycles. The first kappa shape index (κ1) is 27.5. The van der Waals surface area contributed by atoms with Crippen molar-refractivity contribution in [1.29, 1.82) is 0 Å². The van der Waals surface area contributed by atoms with Crippen LogP contribution in [0, 0.1) is 6.92 Å². The van der Waals surface area contributed by atoms with Gasteiger partial charge in [-0.05, 0) is 66.4 Å². The molecule has 0 fully saturated rings. The zero-order chi connectivity index (χ0) is 26.4. The number of aryl methyl sites for hydroxylation is 1. The van der Waals surface area contributed by atoms with E-state index < -0.39 is 10.1 Å². The second-order valence-corrected chi connectivity index (χ2v) is 12.2. The molecular formula is C32H37ClO3S. The van der Waals surface area contributed by atoms with Crippen LogP contribution in [0.15, 0.2) is 77.2 Å². The Morgan fingerprint density at radius 3 is 2.27 bits per heavy atom. The Bertz CT molecular complexity index is 1330. The molecule has 4 rings (SSSR count). The summed E-state index contributed by atoms with van der Waals surface area (Å²) in [6.45, 7) is 6.41. The molecular weight excluding hydrogens is 500 g/mol. The summed E-state index contributed by atoms with van der Waals surface area (Å²) in [4.78, 5) is 0.164. The Morgan fingerprint density at radius 1 is 0.892 bits per heavy atom. The van der Waals surface area contributed by atoms with Gasteiger partial charge in [0.2, 0.25) is 0 Å². The molecule has 1 aliphatic carbocycles. The standard InChI is InChI=1S/C32H37ClO3S/c1-4-5-6-7-8-9-10-30-31(24(3)25-13-16-27(33)17-14-25)21-26-15-18-28(22-32(26)30)36-37(34,35)29-19-11-23(2)12-20-29/h11-22,24,30H,4-10H2,1-3H3. The molecule has 5 heteroatoms. The topological polar surface area (TPSA) is 43.4 Å². The summed E-state index contributed by atoms with van der Waals surface area (Å²) in [6.07, 6.45) is 10.8. The van der Waals surface area contributed by atoms with Crippen LogP contribution in [0.1, 0.15) is 92.9 Å². The fourth-order valence-corrected chi connectivity index (χ4v) is 6.25. The Balaban J connectivity index is 1.57. The number of benzene rings is 3. The Labute approximate surface area is 227 Å². The maximum Gasteiger partial charge on any atom is 0.339 e. The average Bonchev–Trinajstić information content (AvgIpc) is 3.24. The highest BCUT2D eigenvalue weighted by molar-refractivity contribution is 7.87. The van der Waals surface area contributed by atoms with E-state index >= 15 is 0 Å². The number of allylic oxidation sites excluding steroid dienone is 1. The molecule has 2 unspecified atom stereocenters. The van der Waals surface area contributed by atoms with Crippen molar-refractivity contribution in [3.8, 4) is 5.75 Å². The van der Waals surface area contributed by atoms with Crippen LogP contribution in [0.3, 0.4) is 0 Å². The molecule has 0 spiro atoms. The minimum Gasteiger partial charge on any atom is -0.379 e. The van der Waals surface area contributed by atoms with Crippen molar-refractivity contribution in [3.63, 3.8) is 0 Å². The Morgan fingerprint density at radius 2 is 1.57 bits per heavy atom. The summed E-state index contributed by atoms with van der Waals surface area (Å²) in [5.41, 5.74) is 5.90. The van der Waals surface area contributed by atoms with E-state index in [9.17, 15) is 8.42 Å². The van der Waals surface area contributed by atoms with Gasteiger partial charge < -0.3 is 4.18 Å². The molecule has 37 heavy (non-hydrogen) atoms. The first-order valence-corrected chi connectivity index (χ1v) is 15.2. The van der Waals surface area contributed by atoms with E-state index in [1.54, 1.807) is 30.3 Å². The Hall–Kier alpha value is -2.56. The van der Waals surface area contributed by atoms with E-state index in [1.165, 1.54) is 43.2 Å². The zero-order valence-corrected chi connectivity index (χ0v) is 23.6. The molecule has 0 aliphatic heterocycles. The SMILES string of the molecule is CCCCCCCCC1C(C(C)c2ccc(Cl)cc2)=Cc2ccc(OS(=O)(=O)c3ccc(C)cc3)cc21. The van der Waals surface area contributed by atoms with Gasteiger partial charge in [0.25, 0.3) is 0 Å². The first-order valence-electron chi connectivity index (χ1n) is 13.4. The summed E-state index contributed by atoms with van der Waals surface area (Å²) in [5, 5.41) is 0.736. The fraction of sp³-hybridized carbons (Fsp3) is 0.375. The normalized spacial score (nSPS) is 15.8. The monoisotopic (exact) mass is 536 g/mol. The predicted octanol–water partition coefficient (Wildman–Crippen LogP) is 9.45. The van der Waals surface area contributed by atoms with Gasteiger partial charge in [-0.3, -0.25) is 0 Å². The predicted molar refractivity (Wildman–Crippen MR) is 154 cm³/mol. The molecule has 196 valence electrons. The molecule has 1 aliphatic rings. The molecule has 0 N–H and O–H groups in total. The summed E-state index contributed by atoms with van der Waals surface area (Å²) in [5.74, 6) is 0.828. The van der Waals surface area contributed by atoms with Crippen LogP contribution in [0.4, 0.5) is 0 Å². The molecule has 0 radical (unpaired) electrons. The number of rotatable bonds is 12. The smallest absolute Gasteiger partial charge is 0.339 e. The van der Waals surface area contributed by atoms with Gasteiger partial charge in [0.15, 0.2) is 0 Å². The van der Waals surface area contributed by atoms with E-state index in [-0.39, 0.29) is 16.7 Å². The van der Waals surface area contributed by atoms with Crippen molar-refractivity contribution in [1.82, 2.24) is 0 Å². The minimum absolute atomic E-state index is 0.164. The number of hydrogen-bond acceptors (Lipinski definition) is 3. The molecule has 0 heterocycles. The summed E-state index contributed by atoms with van der Waals surface area (Å²) < 4.78 is 31.5. The van der Waals surface area contributed by atoms with Gasteiger partial charge in [-0.15, -0.1) is 0 Å². The van der Waals surface area contributed by atoms with Crippen LogP contribution >= 0.6 is 11.6 Å². The number of hydrogen-bond donors (Lipinski definition) is 0. The lowest BCUT2D eigenvalue weighted by Gasteiger charge is -2.23. The molecule has 0 aromatic heterocycles. The molecule has 0 saturated heterocycles. The van der Waals surface area contributed by atoms with Crippen molar-refractivity contribution < 1.29 is 12.6 Å². The third kappa shape index (κ3) is 6.86. The largest absolute Gasteiger partial charge is 0.379 e. The summed E-state index contributed by atoms with van der Waals surface area (Å²) in [7, 11) is -3.90. The van der Waals surface area contributed by atoms with Crippen molar-refractivity contribution in [2.24, 2.45) is 0 Å². The second-order valence-electron chi connectivity index (χ2n) is 10.2. The second kappa shape index (κ2) is 12.3. The van der Waals surface area contributed by atoms with Crippen molar-refractivity contribution in [2.75, 3.05) is 0 Å². The van der Waals surface area contributed by atoms with E-state index in [1.807, 2.05) is 31.2 Å². The van der Waals surface area contributed by atoms with Crippen LogP contribution in [-0.2, 0) is 10.1 Å².